The predicted molar refractivity (Wildman–Crippen MR) is 67.5 cm³/mol. The quantitative estimate of drug-likeness (QED) is 0.868. The van der Waals surface area contributed by atoms with Gasteiger partial charge in [0, 0.05) is 17.2 Å². The summed E-state index contributed by atoms with van der Waals surface area (Å²) in [6, 6.07) is 5.73. The van der Waals surface area contributed by atoms with E-state index in [0.29, 0.717) is 6.10 Å². The number of hydrogen-bond donors (Lipinski definition) is 1. The fraction of sp³-hybridized carbons (Fsp3) is 0.538. The normalized spacial score (nSPS) is 19.5. The fourth-order valence-electron chi connectivity index (χ4n) is 2.16. The third-order valence-electron chi connectivity index (χ3n) is 3.06. The minimum Gasteiger partial charge on any atom is -0.496 e. The van der Waals surface area contributed by atoms with Gasteiger partial charge in [0.25, 0.3) is 0 Å². The van der Waals surface area contributed by atoms with Crippen molar-refractivity contribution in [3.05, 3.63) is 28.8 Å². The molecule has 17 heavy (non-hydrogen) atoms. The van der Waals surface area contributed by atoms with Crippen molar-refractivity contribution in [1.29, 1.82) is 0 Å². The number of benzene rings is 1. The van der Waals surface area contributed by atoms with Crippen molar-refractivity contribution in [2.75, 3.05) is 20.3 Å². The largest absolute Gasteiger partial charge is 0.496 e. The molecule has 1 fully saturated rings. The summed E-state index contributed by atoms with van der Waals surface area (Å²) in [5.74, 6) is 0.901. The van der Waals surface area contributed by atoms with Crippen LogP contribution in [0.25, 0.3) is 0 Å². The lowest BCUT2D eigenvalue weighted by Gasteiger charge is -2.10. The van der Waals surface area contributed by atoms with Gasteiger partial charge in [-0.15, -0.1) is 0 Å². The molecule has 1 aromatic rings. The Labute approximate surface area is 107 Å². The second kappa shape index (κ2) is 6.24. The van der Waals surface area contributed by atoms with Gasteiger partial charge >= 0.3 is 0 Å². The number of methoxy groups -OCH3 is 1. The summed E-state index contributed by atoms with van der Waals surface area (Å²) in [5.41, 5.74) is 1.14. The topological polar surface area (TPSA) is 35.1 Å². The molecule has 1 aliphatic rings. The zero-order valence-corrected chi connectivity index (χ0v) is 10.9. The molecule has 0 bridgehead atoms. The van der Waals surface area contributed by atoms with Crippen LogP contribution in [0.15, 0.2) is 18.2 Å². The van der Waals surface area contributed by atoms with Crippen molar-refractivity contribution in [2.45, 2.75) is 25.5 Å². The van der Waals surface area contributed by atoms with Crippen LogP contribution in [0.4, 0.5) is 0 Å². The first-order chi connectivity index (χ1) is 8.29. The van der Waals surface area contributed by atoms with Gasteiger partial charge in [0.05, 0.1) is 7.11 Å². The monoisotopic (exact) mass is 256 g/mol. The van der Waals surface area contributed by atoms with E-state index in [-0.39, 0.29) is 0 Å². The van der Waals surface area contributed by atoms with Crippen LogP contribution < -0.4 is 10.1 Å². The SMILES string of the molecule is COc1ccc(Cl)cc1C[NH2+]C[C@H]1CCCO1. The lowest BCUT2D eigenvalue weighted by atomic mass is 10.2. The Hall–Kier alpha value is -0.770. The fourth-order valence-corrected chi connectivity index (χ4v) is 2.36. The average Bonchev–Trinajstić information content (AvgIpc) is 2.82. The molecule has 0 aromatic heterocycles. The number of rotatable bonds is 5. The molecule has 2 N–H and O–H groups in total. The van der Waals surface area contributed by atoms with Crippen LogP contribution in [0.3, 0.4) is 0 Å². The number of halogens is 1. The Morgan fingerprint density at radius 1 is 1.53 bits per heavy atom. The third kappa shape index (κ3) is 3.60. The summed E-state index contributed by atoms with van der Waals surface area (Å²) in [4.78, 5) is 0. The molecule has 1 heterocycles. The molecule has 0 unspecified atom stereocenters. The molecule has 3 nitrogen and oxygen atoms in total. The van der Waals surface area contributed by atoms with Gasteiger partial charge in [0.2, 0.25) is 0 Å². The molecule has 1 aliphatic heterocycles. The van der Waals surface area contributed by atoms with E-state index >= 15 is 0 Å². The van der Waals surface area contributed by atoms with Gasteiger partial charge in [0.1, 0.15) is 24.9 Å². The zero-order valence-electron chi connectivity index (χ0n) is 10.1. The number of ether oxygens (including phenoxy) is 2. The highest BCUT2D eigenvalue weighted by atomic mass is 35.5. The molecule has 0 spiro atoms. The summed E-state index contributed by atoms with van der Waals surface area (Å²) in [5, 5.41) is 3.01. The molecule has 1 saturated heterocycles. The smallest absolute Gasteiger partial charge is 0.127 e. The van der Waals surface area contributed by atoms with Gasteiger partial charge in [-0.05, 0) is 31.0 Å². The molecule has 1 aromatic carbocycles. The van der Waals surface area contributed by atoms with E-state index in [1.165, 1.54) is 12.8 Å². The molecule has 0 saturated carbocycles. The molecular weight excluding hydrogens is 238 g/mol. The van der Waals surface area contributed by atoms with E-state index in [1.54, 1.807) is 7.11 Å². The van der Waals surface area contributed by atoms with Crippen LogP contribution in [0.1, 0.15) is 18.4 Å². The minimum absolute atomic E-state index is 0.417. The van der Waals surface area contributed by atoms with Crippen LogP contribution in [0.5, 0.6) is 5.75 Å². The standard InChI is InChI=1S/C13H18ClNO2/c1-16-13-5-4-11(14)7-10(13)8-15-9-12-3-2-6-17-12/h4-5,7,12,15H,2-3,6,8-9H2,1H3/p+1/t12-/m1/s1. The van der Waals surface area contributed by atoms with E-state index in [1.807, 2.05) is 18.2 Å². The van der Waals surface area contributed by atoms with Crippen molar-refractivity contribution in [3.63, 3.8) is 0 Å². The molecule has 4 heteroatoms. The molecule has 0 amide bonds. The van der Waals surface area contributed by atoms with E-state index in [0.717, 1.165) is 36.0 Å². The van der Waals surface area contributed by atoms with Gasteiger partial charge in [0.15, 0.2) is 0 Å². The minimum atomic E-state index is 0.417. The first kappa shape index (κ1) is 12.7. The van der Waals surface area contributed by atoms with Crippen LogP contribution >= 0.6 is 11.6 Å². The van der Waals surface area contributed by atoms with Crippen molar-refractivity contribution in [3.8, 4) is 5.75 Å². The molecular formula is C13H19ClNO2+. The lowest BCUT2D eigenvalue weighted by Crippen LogP contribution is -2.84. The van der Waals surface area contributed by atoms with Crippen molar-refractivity contribution >= 4 is 11.6 Å². The Balaban J connectivity index is 1.86. The van der Waals surface area contributed by atoms with Crippen LogP contribution in [0, 0.1) is 0 Å². The van der Waals surface area contributed by atoms with Crippen molar-refractivity contribution in [1.82, 2.24) is 0 Å². The number of nitrogens with two attached hydrogens (primary N) is 1. The summed E-state index contributed by atoms with van der Waals surface area (Å²) < 4.78 is 10.9. The van der Waals surface area contributed by atoms with Crippen LogP contribution in [-0.2, 0) is 11.3 Å². The van der Waals surface area contributed by atoms with Gasteiger partial charge < -0.3 is 14.8 Å². The van der Waals surface area contributed by atoms with E-state index in [9.17, 15) is 0 Å². The number of hydrogen-bond acceptors (Lipinski definition) is 2. The Bertz CT molecular complexity index is 364. The summed E-state index contributed by atoms with van der Waals surface area (Å²) >= 11 is 5.99. The highest BCUT2D eigenvalue weighted by Crippen LogP contribution is 2.21. The molecule has 1 atom stereocenters. The third-order valence-corrected chi connectivity index (χ3v) is 3.30. The molecule has 2 rings (SSSR count). The van der Waals surface area contributed by atoms with E-state index < -0.39 is 0 Å². The Kier molecular flexibility index (Phi) is 4.66. The van der Waals surface area contributed by atoms with Gasteiger partial charge in [-0.25, -0.2) is 0 Å². The summed E-state index contributed by atoms with van der Waals surface area (Å²) in [6.07, 6.45) is 2.79. The van der Waals surface area contributed by atoms with Crippen LogP contribution in [0.2, 0.25) is 5.02 Å². The maximum absolute atomic E-state index is 5.99. The first-order valence-corrected chi connectivity index (χ1v) is 6.43. The van der Waals surface area contributed by atoms with Crippen LogP contribution in [-0.4, -0.2) is 26.4 Å². The van der Waals surface area contributed by atoms with Gasteiger partial charge in [-0.1, -0.05) is 11.6 Å². The molecule has 0 radical (unpaired) electrons. The molecule has 0 aliphatic carbocycles. The van der Waals surface area contributed by atoms with Gasteiger partial charge in [-0.2, -0.15) is 0 Å². The number of quaternary nitrogens is 1. The second-order valence-electron chi connectivity index (χ2n) is 4.32. The predicted octanol–water partition coefficient (Wildman–Crippen LogP) is 1.59. The highest BCUT2D eigenvalue weighted by molar-refractivity contribution is 6.30. The Morgan fingerprint density at radius 3 is 3.12 bits per heavy atom. The lowest BCUT2D eigenvalue weighted by molar-refractivity contribution is -0.676. The maximum Gasteiger partial charge on any atom is 0.127 e. The average molecular weight is 257 g/mol. The highest BCUT2D eigenvalue weighted by Gasteiger charge is 2.17. The van der Waals surface area contributed by atoms with Gasteiger partial charge in [-0.3, -0.25) is 0 Å². The van der Waals surface area contributed by atoms with E-state index in [2.05, 4.69) is 5.32 Å². The van der Waals surface area contributed by atoms with Crippen molar-refractivity contribution < 1.29 is 14.8 Å². The maximum atomic E-state index is 5.99. The Morgan fingerprint density at radius 2 is 2.41 bits per heavy atom. The first-order valence-electron chi connectivity index (χ1n) is 6.05. The zero-order chi connectivity index (χ0) is 12.1. The molecule has 94 valence electrons. The second-order valence-corrected chi connectivity index (χ2v) is 4.76. The van der Waals surface area contributed by atoms with Crippen molar-refractivity contribution in [2.24, 2.45) is 0 Å². The summed E-state index contributed by atoms with van der Waals surface area (Å²) in [6.45, 7) is 2.80. The van der Waals surface area contributed by atoms with E-state index in [4.69, 9.17) is 21.1 Å². The summed E-state index contributed by atoms with van der Waals surface area (Å²) in [7, 11) is 1.69.